The molecule has 1 aliphatic carbocycles. The maximum atomic E-state index is 13.0. The van der Waals surface area contributed by atoms with E-state index in [9.17, 15) is 9.59 Å². The molecule has 0 bridgehead atoms. The monoisotopic (exact) mass is 434 g/mol. The fourth-order valence-corrected chi connectivity index (χ4v) is 4.90. The van der Waals surface area contributed by atoms with E-state index in [1.54, 1.807) is 19.0 Å². The van der Waals surface area contributed by atoms with Gasteiger partial charge in [0.1, 0.15) is 5.70 Å². The van der Waals surface area contributed by atoms with Crippen LogP contribution in [0.25, 0.3) is 5.57 Å². The molecule has 1 aromatic carbocycles. The molecule has 2 heterocycles. The Labute approximate surface area is 191 Å². The zero-order valence-electron chi connectivity index (χ0n) is 19.8. The molecule has 4 rings (SSSR count). The van der Waals surface area contributed by atoms with Crippen molar-refractivity contribution in [2.45, 2.75) is 39.7 Å². The Morgan fingerprint density at radius 2 is 1.88 bits per heavy atom. The van der Waals surface area contributed by atoms with Crippen LogP contribution in [0.4, 0.5) is 0 Å². The van der Waals surface area contributed by atoms with Crippen molar-refractivity contribution < 1.29 is 9.59 Å². The molecule has 32 heavy (non-hydrogen) atoms. The summed E-state index contributed by atoms with van der Waals surface area (Å²) in [6.07, 6.45) is 4.16. The van der Waals surface area contributed by atoms with Crippen molar-refractivity contribution in [3.63, 3.8) is 0 Å². The Bertz CT molecular complexity index is 1020. The lowest BCUT2D eigenvalue weighted by Crippen LogP contribution is -2.30. The van der Waals surface area contributed by atoms with Gasteiger partial charge >= 0.3 is 0 Å². The van der Waals surface area contributed by atoms with E-state index in [-0.39, 0.29) is 11.7 Å². The molecule has 1 saturated heterocycles. The summed E-state index contributed by atoms with van der Waals surface area (Å²) in [5.41, 5.74) is 6.43. The van der Waals surface area contributed by atoms with E-state index in [4.69, 9.17) is 0 Å². The molecular formula is C26H34N4O2. The quantitative estimate of drug-likeness (QED) is 0.669. The smallest absolute Gasteiger partial charge is 0.271 e. The van der Waals surface area contributed by atoms with Crippen molar-refractivity contribution in [3.05, 3.63) is 52.2 Å². The zero-order chi connectivity index (χ0) is 22.8. The fraction of sp³-hybridized carbons (Fsp3) is 0.500. The molecule has 170 valence electrons. The van der Waals surface area contributed by atoms with Gasteiger partial charge in [0.15, 0.2) is 5.78 Å². The van der Waals surface area contributed by atoms with E-state index in [0.717, 1.165) is 67.3 Å². The molecule has 0 atom stereocenters. The van der Waals surface area contributed by atoms with Crippen LogP contribution in [0.15, 0.2) is 40.5 Å². The normalized spacial score (nSPS) is 21.2. The number of likely N-dealkylation sites (N-methyl/N-ethyl adjacent to an activating group) is 2. The van der Waals surface area contributed by atoms with E-state index in [0.29, 0.717) is 18.5 Å². The number of nitrogens with zero attached hydrogens (tertiary/aromatic N) is 4. The van der Waals surface area contributed by atoms with E-state index in [2.05, 4.69) is 39.9 Å². The van der Waals surface area contributed by atoms with Crippen LogP contribution in [-0.4, -0.2) is 78.9 Å². The van der Waals surface area contributed by atoms with E-state index in [1.165, 1.54) is 12.0 Å². The van der Waals surface area contributed by atoms with Gasteiger partial charge in [-0.1, -0.05) is 25.1 Å². The predicted molar refractivity (Wildman–Crippen MR) is 129 cm³/mol. The van der Waals surface area contributed by atoms with E-state index in [1.807, 2.05) is 13.0 Å². The number of allylic oxidation sites excluding steroid dienone is 3. The summed E-state index contributed by atoms with van der Waals surface area (Å²) in [6, 6.07) is 6.31. The lowest BCUT2D eigenvalue weighted by molar-refractivity contribution is -0.124. The second-order valence-electron chi connectivity index (χ2n) is 9.28. The number of ketones is 1. The third-order valence-electron chi connectivity index (χ3n) is 6.71. The van der Waals surface area contributed by atoms with Crippen molar-refractivity contribution >= 4 is 23.0 Å². The van der Waals surface area contributed by atoms with Gasteiger partial charge in [0, 0.05) is 57.9 Å². The van der Waals surface area contributed by atoms with Crippen molar-refractivity contribution in [2.24, 2.45) is 4.99 Å². The predicted octanol–water partition coefficient (Wildman–Crippen LogP) is 2.93. The minimum absolute atomic E-state index is 0.0861. The number of carbonyl (C=O) groups is 2. The van der Waals surface area contributed by atoms with Gasteiger partial charge < -0.3 is 9.80 Å². The number of amides is 1. The number of fused-ring (bicyclic) bond motifs is 1. The van der Waals surface area contributed by atoms with Crippen LogP contribution in [0.1, 0.15) is 43.4 Å². The number of hydrogen-bond donors (Lipinski definition) is 0. The second kappa shape index (κ2) is 9.51. The number of hydrogen-bond acceptors (Lipinski definition) is 5. The number of aliphatic imine (C=N–C) groups is 1. The fourth-order valence-electron chi connectivity index (χ4n) is 4.90. The Hall–Kier alpha value is -2.57. The zero-order valence-corrected chi connectivity index (χ0v) is 19.8. The lowest BCUT2D eigenvalue weighted by atomic mass is 9.98. The van der Waals surface area contributed by atoms with Crippen molar-refractivity contribution in [1.82, 2.24) is 14.7 Å². The van der Waals surface area contributed by atoms with Crippen molar-refractivity contribution in [3.8, 4) is 0 Å². The van der Waals surface area contributed by atoms with Crippen LogP contribution in [-0.2, 0) is 22.6 Å². The van der Waals surface area contributed by atoms with Gasteiger partial charge in [-0.15, -0.1) is 0 Å². The van der Waals surface area contributed by atoms with Gasteiger partial charge in [0.2, 0.25) is 0 Å². The molecule has 6 heteroatoms. The Morgan fingerprint density at radius 3 is 2.62 bits per heavy atom. The second-order valence-corrected chi connectivity index (χ2v) is 9.28. The molecule has 6 nitrogen and oxygen atoms in total. The molecule has 0 radical (unpaired) electrons. The first-order valence-electron chi connectivity index (χ1n) is 11.7. The first kappa shape index (κ1) is 22.6. The molecule has 0 spiro atoms. The maximum Gasteiger partial charge on any atom is 0.271 e. The van der Waals surface area contributed by atoms with Gasteiger partial charge in [0.25, 0.3) is 5.91 Å². The highest BCUT2D eigenvalue weighted by Crippen LogP contribution is 2.34. The number of rotatable bonds is 5. The first-order valence-corrected chi connectivity index (χ1v) is 11.7. The van der Waals surface area contributed by atoms with Crippen LogP contribution in [0.5, 0.6) is 0 Å². The number of carbonyl (C=O) groups excluding carboxylic acids is 2. The van der Waals surface area contributed by atoms with Gasteiger partial charge in [-0.05, 0) is 61.3 Å². The molecule has 1 fully saturated rings. The summed E-state index contributed by atoms with van der Waals surface area (Å²) in [6.45, 7) is 10.5. The average Bonchev–Trinajstić information content (AvgIpc) is 3.18. The Balaban J connectivity index is 1.60. The highest BCUT2D eigenvalue weighted by molar-refractivity contribution is 6.30. The average molecular weight is 435 g/mol. The van der Waals surface area contributed by atoms with Crippen LogP contribution in [0, 0.1) is 0 Å². The molecule has 0 unspecified atom stereocenters. The van der Waals surface area contributed by atoms with Crippen molar-refractivity contribution in [2.75, 3.05) is 46.8 Å². The van der Waals surface area contributed by atoms with Crippen LogP contribution >= 0.6 is 0 Å². The summed E-state index contributed by atoms with van der Waals surface area (Å²) in [4.78, 5) is 36.5. The molecule has 0 saturated carbocycles. The first-order chi connectivity index (χ1) is 15.4. The highest BCUT2D eigenvalue weighted by atomic mass is 16.2. The van der Waals surface area contributed by atoms with E-state index >= 15 is 0 Å². The van der Waals surface area contributed by atoms with Crippen molar-refractivity contribution in [1.29, 1.82) is 0 Å². The van der Waals surface area contributed by atoms with Gasteiger partial charge in [-0.3, -0.25) is 14.5 Å². The van der Waals surface area contributed by atoms with Gasteiger partial charge in [-0.2, -0.15) is 0 Å². The molecule has 0 aromatic heterocycles. The third kappa shape index (κ3) is 4.62. The SMILES string of the molecule is CCN1CCCN(Cc2cccc3c2/C(=C/C2=NC(C(=O)N(C)C)=C(C)C2)C(=O)C3)CC1. The lowest BCUT2D eigenvalue weighted by Gasteiger charge is -2.22. The molecule has 1 amide bonds. The highest BCUT2D eigenvalue weighted by Gasteiger charge is 2.29. The molecule has 1 aromatic rings. The minimum atomic E-state index is -0.0861. The summed E-state index contributed by atoms with van der Waals surface area (Å²) < 4.78 is 0. The summed E-state index contributed by atoms with van der Waals surface area (Å²) in [5, 5.41) is 0. The minimum Gasteiger partial charge on any atom is -0.343 e. The standard InChI is InChI=1S/C26H34N4O2/c1-5-29-10-7-11-30(13-12-29)17-20-9-6-8-19-15-23(31)22(24(19)20)16-21-14-18(2)25(27-21)26(32)28(3)4/h6,8-9,16H,5,7,10-15,17H2,1-4H3/b22-16+. The Morgan fingerprint density at radius 1 is 1.12 bits per heavy atom. The third-order valence-corrected chi connectivity index (χ3v) is 6.71. The summed E-state index contributed by atoms with van der Waals surface area (Å²) >= 11 is 0. The van der Waals surface area contributed by atoms with Gasteiger partial charge in [0.05, 0.1) is 0 Å². The largest absolute Gasteiger partial charge is 0.343 e. The molecule has 3 aliphatic rings. The molecule has 2 aliphatic heterocycles. The molecule has 0 N–H and O–H groups in total. The topological polar surface area (TPSA) is 56.2 Å². The van der Waals surface area contributed by atoms with E-state index < -0.39 is 0 Å². The van der Waals surface area contributed by atoms with Crippen LogP contribution < -0.4 is 0 Å². The van der Waals surface area contributed by atoms with Gasteiger partial charge in [-0.25, -0.2) is 4.99 Å². The Kier molecular flexibility index (Phi) is 6.72. The number of Topliss-reactive ketones (excluding diaryl/α,β-unsaturated/α-hetero) is 1. The maximum absolute atomic E-state index is 13.0. The number of benzene rings is 1. The summed E-state index contributed by atoms with van der Waals surface area (Å²) in [7, 11) is 3.47. The summed E-state index contributed by atoms with van der Waals surface area (Å²) in [5.74, 6) is 0.0604. The molecular weight excluding hydrogens is 400 g/mol. The van der Waals surface area contributed by atoms with Crippen LogP contribution in [0.3, 0.4) is 0 Å². The van der Waals surface area contributed by atoms with Crippen LogP contribution in [0.2, 0.25) is 0 Å².